The largest absolute Gasteiger partial charge is 0.369 e. The van der Waals surface area contributed by atoms with Crippen LogP contribution in [0.15, 0.2) is 48.8 Å². The van der Waals surface area contributed by atoms with Crippen molar-refractivity contribution >= 4 is 17.8 Å². The van der Waals surface area contributed by atoms with E-state index in [2.05, 4.69) is 14.8 Å². The van der Waals surface area contributed by atoms with Crippen LogP contribution >= 0.6 is 0 Å². The van der Waals surface area contributed by atoms with Gasteiger partial charge in [-0.25, -0.2) is 4.39 Å². The Bertz CT molecular complexity index is 657. The van der Waals surface area contributed by atoms with Gasteiger partial charge in [0.1, 0.15) is 5.82 Å². The second-order valence-electron chi connectivity index (χ2n) is 6.17. The molecule has 2 heterocycles. The molecule has 1 aromatic heterocycles. The van der Waals surface area contributed by atoms with Crippen molar-refractivity contribution in [1.29, 1.82) is 0 Å². The molecule has 0 aliphatic carbocycles. The van der Waals surface area contributed by atoms with Crippen LogP contribution in [0.1, 0.15) is 6.42 Å². The van der Waals surface area contributed by atoms with E-state index in [0.717, 1.165) is 56.9 Å². The topological polar surface area (TPSA) is 39.7 Å². The van der Waals surface area contributed by atoms with E-state index in [9.17, 15) is 9.18 Å². The van der Waals surface area contributed by atoms with Crippen LogP contribution in [-0.2, 0) is 4.79 Å². The fourth-order valence-electron chi connectivity index (χ4n) is 3.11. The van der Waals surface area contributed by atoms with Crippen LogP contribution in [0.3, 0.4) is 0 Å². The lowest BCUT2D eigenvalue weighted by Gasteiger charge is -2.36. The predicted octanol–water partition coefficient (Wildman–Crippen LogP) is 2.40. The van der Waals surface area contributed by atoms with Crippen molar-refractivity contribution in [2.45, 2.75) is 6.42 Å². The predicted molar refractivity (Wildman–Crippen MR) is 97.3 cm³/mol. The minimum Gasteiger partial charge on any atom is -0.369 e. The number of carbonyl (C=O) groups is 1. The average molecular weight is 342 g/mol. The van der Waals surface area contributed by atoms with Crippen molar-refractivity contribution in [2.24, 2.45) is 0 Å². The molecule has 6 heteroatoms. The summed E-state index contributed by atoms with van der Waals surface area (Å²) in [6.07, 6.45) is 5.19. The number of amides is 1. The Balaban J connectivity index is 1.42. The Morgan fingerprint density at radius 3 is 2.52 bits per heavy atom. The fourth-order valence-corrected chi connectivity index (χ4v) is 3.11. The molecule has 2 aromatic rings. The van der Waals surface area contributed by atoms with Crippen LogP contribution < -0.4 is 9.80 Å². The molecule has 0 spiro atoms. The van der Waals surface area contributed by atoms with E-state index in [0.29, 0.717) is 6.54 Å². The molecule has 3 rings (SSSR count). The van der Waals surface area contributed by atoms with E-state index in [1.54, 1.807) is 17.3 Å². The summed E-state index contributed by atoms with van der Waals surface area (Å²) in [6.45, 7) is 5.48. The molecule has 1 saturated heterocycles. The maximum atomic E-state index is 13.0. The quantitative estimate of drug-likeness (QED) is 0.725. The van der Waals surface area contributed by atoms with E-state index in [1.807, 2.05) is 24.3 Å². The molecule has 1 aliphatic rings. The summed E-state index contributed by atoms with van der Waals surface area (Å²) < 4.78 is 13.0. The van der Waals surface area contributed by atoms with Crippen LogP contribution in [-0.4, -0.2) is 55.6 Å². The van der Waals surface area contributed by atoms with Crippen LogP contribution in [0, 0.1) is 5.82 Å². The Hall–Kier alpha value is -2.47. The van der Waals surface area contributed by atoms with Crippen molar-refractivity contribution in [3.05, 3.63) is 54.6 Å². The molecule has 0 atom stereocenters. The summed E-state index contributed by atoms with van der Waals surface area (Å²) in [4.78, 5) is 21.7. The Kier molecular flexibility index (Phi) is 5.95. The number of hydrogen-bond acceptors (Lipinski definition) is 4. The summed E-state index contributed by atoms with van der Waals surface area (Å²) in [5.41, 5.74) is 1.91. The normalized spacial score (nSPS) is 15.2. The highest BCUT2D eigenvalue weighted by atomic mass is 19.1. The van der Waals surface area contributed by atoms with Gasteiger partial charge in [-0.3, -0.25) is 14.7 Å². The van der Waals surface area contributed by atoms with Gasteiger partial charge in [-0.15, -0.1) is 0 Å². The Labute approximate surface area is 147 Å². The zero-order valence-electron chi connectivity index (χ0n) is 14.2. The van der Waals surface area contributed by atoms with E-state index in [1.165, 1.54) is 12.1 Å². The molecule has 0 N–H and O–H groups in total. The molecule has 25 heavy (non-hydrogen) atoms. The van der Waals surface area contributed by atoms with Gasteiger partial charge in [0.05, 0.1) is 11.9 Å². The summed E-state index contributed by atoms with van der Waals surface area (Å²) >= 11 is 0. The van der Waals surface area contributed by atoms with Gasteiger partial charge in [0.25, 0.3) is 0 Å². The maximum absolute atomic E-state index is 13.0. The molecule has 5 nitrogen and oxygen atoms in total. The molecule has 0 bridgehead atoms. The molecule has 1 aliphatic heterocycles. The lowest BCUT2D eigenvalue weighted by Crippen LogP contribution is -2.47. The summed E-state index contributed by atoms with van der Waals surface area (Å²) in [7, 11) is 0. The highest BCUT2D eigenvalue weighted by Gasteiger charge is 2.17. The van der Waals surface area contributed by atoms with Gasteiger partial charge in [-0.05, 0) is 49.4 Å². The summed E-state index contributed by atoms with van der Waals surface area (Å²) in [6, 6.07) is 10.4. The van der Waals surface area contributed by atoms with Gasteiger partial charge < -0.3 is 9.80 Å². The highest BCUT2D eigenvalue weighted by molar-refractivity contribution is 5.74. The molecule has 0 radical (unpaired) electrons. The van der Waals surface area contributed by atoms with Crippen molar-refractivity contribution < 1.29 is 9.18 Å². The minimum absolute atomic E-state index is 0.198. The Morgan fingerprint density at radius 2 is 1.88 bits per heavy atom. The first-order valence-electron chi connectivity index (χ1n) is 8.61. The molecule has 0 saturated carbocycles. The fraction of sp³-hybridized carbons (Fsp3) is 0.368. The second kappa shape index (κ2) is 8.58. The number of carbonyl (C=O) groups excluding carboxylic acids is 1. The molecule has 1 aromatic carbocycles. The number of rotatable bonds is 7. The lowest BCUT2D eigenvalue weighted by molar-refractivity contribution is -0.107. The summed E-state index contributed by atoms with van der Waals surface area (Å²) in [5, 5.41) is 0. The average Bonchev–Trinajstić information content (AvgIpc) is 2.67. The van der Waals surface area contributed by atoms with Gasteiger partial charge in [-0.1, -0.05) is 0 Å². The lowest BCUT2D eigenvalue weighted by atomic mass is 10.2. The Morgan fingerprint density at radius 1 is 1.12 bits per heavy atom. The van der Waals surface area contributed by atoms with Crippen LogP contribution in [0.25, 0.3) is 0 Å². The van der Waals surface area contributed by atoms with E-state index >= 15 is 0 Å². The van der Waals surface area contributed by atoms with Gasteiger partial charge >= 0.3 is 0 Å². The SMILES string of the molecule is O=CN(CCCN1CCN(c2ccc(F)cc2)CC1)c1cccnc1. The van der Waals surface area contributed by atoms with E-state index < -0.39 is 0 Å². The van der Waals surface area contributed by atoms with E-state index in [-0.39, 0.29) is 5.82 Å². The third-order valence-electron chi connectivity index (χ3n) is 4.54. The number of piperazine rings is 1. The number of aromatic nitrogens is 1. The van der Waals surface area contributed by atoms with Gasteiger partial charge in [0, 0.05) is 44.6 Å². The second-order valence-corrected chi connectivity index (χ2v) is 6.17. The number of pyridine rings is 1. The number of nitrogens with zero attached hydrogens (tertiary/aromatic N) is 4. The first kappa shape index (κ1) is 17.4. The molecule has 0 unspecified atom stereocenters. The van der Waals surface area contributed by atoms with Gasteiger partial charge in [-0.2, -0.15) is 0 Å². The number of benzene rings is 1. The first-order chi connectivity index (χ1) is 12.3. The van der Waals surface area contributed by atoms with Crippen molar-refractivity contribution in [1.82, 2.24) is 9.88 Å². The third-order valence-corrected chi connectivity index (χ3v) is 4.54. The van der Waals surface area contributed by atoms with Crippen LogP contribution in [0.4, 0.5) is 15.8 Å². The highest BCUT2D eigenvalue weighted by Crippen LogP contribution is 2.17. The van der Waals surface area contributed by atoms with Gasteiger partial charge in [0.2, 0.25) is 6.41 Å². The van der Waals surface area contributed by atoms with E-state index in [4.69, 9.17) is 0 Å². The van der Waals surface area contributed by atoms with Crippen LogP contribution in [0.5, 0.6) is 0 Å². The van der Waals surface area contributed by atoms with Crippen molar-refractivity contribution in [3.8, 4) is 0 Å². The van der Waals surface area contributed by atoms with Crippen molar-refractivity contribution in [2.75, 3.05) is 49.1 Å². The number of anilines is 2. The minimum atomic E-state index is -0.198. The van der Waals surface area contributed by atoms with Crippen LogP contribution in [0.2, 0.25) is 0 Å². The molecular weight excluding hydrogens is 319 g/mol. The zero-order chi connectivity index (χ0) is 17.5. The third kappa shape index (κ3) is 4.76. The van der Waals surface area contributed by atoms with Crippen molar-refractivity contribution in [3.63, 3.8) is 0 Å². The summed E-state index contributed by atoms with van der Waals surface area (Å²) in [5.74, 6) is -0.198. The maximum Gasteiger partial charge on any atom is 0.214 e. The monoisotopic (exact) mass is 342 g/mol. The van der Waals surface area contributed by atoms with Gasteiger partial charge in [0.15, 0.2) is 0 Å². The number of halogens is 1. The molecule has 1 amide bonds. The smallest absolute Gasteiger partial charge is 0.214 e. The zero-order valence-corrected chi connectivity index (χ0v) is 14.2. The molecule has 132 valence electrons. The molecule has 1 fully saturated rings. The number of hydrogen-bond donors (Lipinski definition) is 0. The first-order valence-corrected chi connectivity index (χ1v) is 8.61. The standard InChI is InChI=1S/C19H23FN4O/c20-17-4-6-18(7-5-17)23-13-11-22(12-14-23)9-2-10-24(16-25)19-3-1-8-21-15-19/h1,3-8,15-16H,2,9-14H2. The molecular formula is C19H23FN4O.